The van der Waals surface area contributed by atoms with Crippen molar-refractivity contribution < 1.29 is 0 Å². The van der Waals surface area contributed by atoms with Crippen LogP contribution in [0, 0.1) is 5.92 Å². The average molecular weight is 163 g/mol. The molecular formula is C9H13N3. The summed E-state index contributed by atoms with van der Waals surface area (Å²) in [6.07, 6.45) is 5.90. The monoisotopic (exact) mass is 163 g/mol. The van der Waals surface area contributed by atoms with Gasteiger partial charge < -0.3 is 5.32 Å². The van der Waals surface area contributed by atoms with E-state index >= 15 is 0 Å². The van der Waals surface area contributed by atoms with E-state index in [1.807, 2.05) is 6.07 Å². The highest BCUT2D eigenvalue weighted by Gasteiger charge is 2.35. The SMILES string of the molecule is CCC1CC1Nc1ccncn1. The van der Waals surface area contributed by atoms with Crippen LogP contribution in [0.25, 0.3) is 0 Å². The second-order valence-corrected chi connectivity index (χ2v) is 3.25. The van der Waals surface area contributed by atoms with Crippen LogP contribution in [-0.2, 0) is 0 Å². The number of rotatable bonds is 3. The largest absolute Gasteiger partial charge is 0.367 e. The van der Waals surface area contributed by atoms with Gasteiger partial charge in [0.25, 0.3) is 0 Å². The van der Waals surface area contributed by atoms with Crippen molar-refractivity contribution in [1.29, 1.82) is 0 Å². The van der Waals surface area contributed by atoms with Crippen LogP contribution in [0.5, 0.6) is 0 Å². The van der Waals surface area contributed by atoms with Crippen LogP contribution in [-0.4, -0.2) is 16.0 Å². The molecule has 0 bridgehead atoms. The highest BCUT2D eigenvalue weighted by Crippen LogP contribution is 2.35. The van der Waals surface area contributed by atoms with Crippen LogP contribution < -0.4 is 5.32 Å². The van der Waals surface area contributed by atoms with Gasteiger partial charge in [0.2, 0.25) is 0 Å². The highest BCUT2D eigenvalue weighted by molar-refractivity contribution is 5.35. The van der Waals surface area contributed by atoms with Gasteiger partial charge in [0.15, 0.2) is 0 Å². The van der Waals surface area contributed by atoms with Crippen LogP contribution in [0.15, 0.2) is 18.6 Å². The van der Waals surface area contributed by atoms with Crippen molar-refractivity contribution in [3.05, 3.63) is 18.6 Å². The van der Waals surface area contributed by atoms with Gasteiger partial charge >= 0.3 is 0 Å². The Morgan fingerprint density at radius 1 is 1.67 bits per heavy atom. The van der Waals surface area contributed by atoms with Crippen LogP contribution >= 0.6 is 0 Å². The van der Waals surface area contributed by atoms with E-state index in [0.717, 1.165) is 11.7 Å². The number of hydrogen-bond acceptors (Lipinski definition) is 3. The lowest BCUT2D eigenvalue weighted by Gasteiger charge is -2.01. The van der Waals surface area contributed by atoms with E-state index in [1.54, 1.807) is 12.5 Å². The minimum Gasteiger partial charge on any atom is -0.367 e. The summed E-state index contributed by atoms with van der Waals surface area (Å²) in [7, 11) is 0. The summed E-state index contributed by atoms with van der Waals surface area (Å²) in [5, 5.41) is 3.37. The molecule has 1 aliphatic rings. The van der Waals surface area contributed by atoms with Crippen molar-refractivity contribution in [1.82, 2.24) is 9.97 Å². The molecule has 64 valence electrons. The fourth-order valence-corrected chi connectivity index (χ4v) is 1.44. The zero-order valence-electron chi connectivity index (χ0n) is 7.20. The number of nitrogens with zero attached hydrogens (tertiary/aromatic N) is 2. The van der Waals surface area contributed by atoms with E-state index in [9.17, 15) is 0 Å². The van der Waals surface area contributed by atoms with Gasteiger partial charge in [-0.05, 0) is 18.4 Å². The van der Waals surface area contributed by atoms with E-state index in [2.05, 4.69) is 22.2 Å². The molecule has 3 heteroatoms. The van der Waals surface area contributed by atoms with Crippen LogP contribution in [0.3, 0.4) is 0 Å². The Morgan fingerprint density at radius 3 is 3.17 bits per heavy atom. The minimum absolute atomic E-state index is 0.657. The summed E-state index contributed by atoms with van der Waals surface area (Å²) in [5.74, 6) is 1.81. The van der Waals surface area contributed by atoms with Gasteiger partial charge in [0.05, 0.1) is 0 Å². The Balaban J connectivity index is 1.89. The molecule has 1 aromatic rings. The predicted molar refractivity (Wildman–Crippen MR) is 47.8 cm³/mol. The van der Waals surface area contributed by atoms with E-state index in [0.29, 0.717) is 6.04 Å². The Labute approximate surface area is 72.2 Å². The number of anilines is 1. The molecule has 3 nitrogen and oxygen atoms in total. The summed E-state index contributed by atoms with van der Waals surface area (Å²) >= 11 is 0. The van der Waals surface area contributed by atoms with Crippen molar-refractivity contribution in [3.63, 3.8) is 0 Å². The topological polar surface area (TPSA) is 37.8 Å². The first-order valence-electron chi connectivity index (χ1n) is 4.42. The fraction of sp³-hybridized carbons (Fsp3) is 0.556. The Bertz CT molecular complexity index is 247. The minimum atomic E-state index is 0.657. The Hall–Kier alpha value is -1.12. The first-order valence-corrected chi connectivity index (χ1v) is 4.42. The third-order valence-electron chi connectivity index (χ3n) is 2.36. The first-order chi connectivity index (χ1) is 5.90. The van der Waals surface area contributed by atoms with Gasteiger partial charge in [-0.2, -0.15) is 0 Å². The molecule has 1 aromatic heterocycles. The molecule has 1 N–H and O–H groups in total. The zero-order valence-corrected chi connectivity index (χ0v) is 7.20. The van der Waals surface area contributed by atoms with E-state index in [1.165, 1.54) is 12.8 Å². The lowest BCUT2D eigenvalue weighted by molar-refractivity contribution is 0.773. The molecule has 2 unspecified atom stereocenters. The summed E-state index contributed by atoms with van der Waals surface area (Å²) < 4.78 is 0. The second-order valence-electron chi connectivity index (χ2n) is 3.25. The third kappa shape index (κ3) is 1.55. The molecule has 1 aliphatic carbocycles. The third-order valence-corrected chi connectivity index (χ3v) is 2.36. The lowest BCUT2D eigenvalue weighted by Crippen LogP contribution is -2.05. The quantitative estimate of drug-likeness (QED) is 0.736. The molecule has 0 aliphatic heterocycles. The van der Waals surface area contributed by atoms with Crippen molar-refractivity contribution in [2.24, 2.45) is 5.92 Å². The Kier molecular flexibility index (Phi) is 1.94. The molecule has 1 heterocycles. The number of hydrogen-bond donors (Lipinski definition) is 1. The first kappa shape index (κ1) is 7.53. The molecule has 0 aromatic carbocycles. The van der Waals surface area contributed by atoms with E-state index in [-0.39, 0.29) is 0 Å². The molecule has 0 saturated heterocycles. The predicted octanol–water partition coefficient (Wildman–Crippen LogP) is 1.69. The molecule has 0 amide bonds. The molecule has 0 spiro atoms. The molecule has 1 fully saturated rings. The van der Waals surface area contributed by atoms with Gasteiger partial charge in [0.1, 0.15) is 12.1 Å². The van der Waals surface area contributed by atoms with Crippen molar-refractivity contribution >= 4 is 5.82 Å². The van der Waals surface area contributed by atoms with Gasteiger partial charge in [-0.25, -0.2) is 9.97 Å². The highest BCUT2D eigenvalue weighted by atomic mass is 15.1. The normalized spacial score (nSPS) is 26.8. The van der Waals surface area contributed by atoms with E-state index in [4.69, 9.17) is 0 Å². The smallest absolute Gasteiger partial charge is 0.129 e. The van der Waals surface area contributed by atoms with Crippen LogP contribution in [0.1, 0.15) is 19.8 Å². The van der Waals surface area contributed by atoms with Crippen LogP contribution in [0.4, 0.5) is 5.82 Å². The molecule has 0 radical (unpaired) electrons. The van der Waals surface area contributed by atoms with Gasteiger partial charge in [0, 0.05) is 12.2 Å². The summed E-state index contributed by atoms with van der Waals surface area (Å²) in [6.45, 7) is 2.23. The van der Waals surface area contributed by atoms with Gasteiger partial charge in [-0.1, -0.05) is 13.3 Å². The van der Waals surface area contributed by atoms with Crippen LogP contribution in [0.2, 0.25) is 0 Å². The van der Waals surface area contributed by atoms with Gasteiger partial charge in [-0.3, -0.25) is 0 Å². The van der Waals surface area contributed by atoms with Crippen molar-refractivity contribution in [2.45, 2.75) is 25.8 Å². The average Bonchev–Trinajstić information content (AvgIpc) is 2.85. The second kappa shape index (κ2) is 3.09. The van der Waals surface area contributed by atoms with Crippen molar-refractivity contribution in [2.75, 3.05) is 5.32 Å². The maximum atomic E-state index is 4.11. The standard InChI is InChI=1S/C9H13N3/c1-2-7-5-8(7)12-9-3-4-10-6-11-9/h3-4,6-8H,2,5H2,1H3,(H,10,11,12). The molecular weight excluding hydrogens is 150 g/mol. The maximum Gasteiger partial charge on any atom is 0.129 e. The summed E-state index contributed by atoms with van der Waals surface area (Å²) in [5.41, 5.74) is 0. The molecule has 1 saturated carbocycles. The molecule has 2 rings (SSSR count). The number of aromatic nitrogens is 2. The molecule has 2 atom stereocenters. The summed E-state index contributed by atoms with van der Waals surface area (Å²) in [6, 6.07) is 2.57. The molecule has 12 heavy (non-hydrogen) atoms. The van der Waals surface area contributed by atoms with E-state index < -0.39 is 0 Å². The Morgan fingerprint density at radius 2 is 2.58 bits per heavy atom. The fourth-order valence-electron chi connectivity index (χ4n) is 1.44. The number of nitrogens with one attached hydrogen (secondary N) is 1. The van der Waals surface area contributed by atoms with Gasteiger partial charge in [-0.15, -0.1) is 0 Å². The maximum absolute atomic E-state index is 4.11. The lowest BCUT2D eigenvalue weighted by atomic mass is 10.3. The zero-order chi connectivity index (χ0) is 8.39. The summed E-state index contributed by atoms with van der Waals surface area (Å²) in [4.78, 5) is 7.97. The van der Waals surface area contributed by atoms with Crippen molar-refractivity contribution in [3.8, 4) is 0 Å².